The van der Waals surface area contributed by atoms with Crippen LogP contribution < -0.4 is 10.1 Å². The number of methoxy groups -OCH3 is 1. The summed E-state index contributed by atoms with van der Waals surface area (Å²) in [5.74, 6) is 0.0293. The van der Waals surface area contributed by atoms with Gasteiger partial charge in [-0.3, -0.25) is 9.59 Å². The number of aryl methyl sites for hydroxylation is 1. The van der Waals surface area contributed by atoms with E-state index in [0.29, 0.717) is 22.6 Å². The first-order valence-electron chi connectivity index (χ1n) is 6.59. The lowest BCUT2D eigenvalue weighted by Crippen LogP contribution is -2.14. The number of carbonyl (C=O) groups is 2. The van der Waals surface area contributed by atoms with E-state index >= 15 is 0 Å². The molecular weight excluding hydrogens is 266 g/mol. The Bertz CT molecular complexity index is 675. The van der Waals surface area contributed by atoms with Gasteiger partial charge in [-0.25, -0.2) is 0 Å². The maximum absolute atomic E-state index is 12.2. The molecule has 21 heavy (non-hydrogen) atoms. The lowest BCUT2D eigenvalue weighted by atomic mass is 10.1. The number of anilines is 1. The van der Waals surface area contributed by atoms with E-state index in [-0.39, 0.29) is 11.7 Å². The Morgan fingerprint density at radius 2 is 1.71 bits per heavy atom. The molecule has 0 unspecified atom stereocenters. The molecule has 0 aliphatic heterocycles. The fraction of sp³-hybridized carbons (Fsp3) is 0.176. The molecule has 4 heteroatoms. The van der Waals surface area contributed by atoms with Crippen LogP contribution in [0.4, 0.5) is 5.69 Å². The van der Waals surface area contributed by atoms with Gasteiger partial charge in [0, 0.05) is 5.56 Å². The van der Waals surface area contributed by atoms with Crippen molar-refractivity contribution in [3.05, 3.63) is 59.2 Å². The van der Waals surface area contributed by atoms with Crippen LogP contribution in [0, 0.1) is 6.92 Å². The standard InChI is InChI=1S/C17H17NO3/c1-11-7-9-13(10-8-11)17(20)18-14-5-4-6-15(21-3)16(14)12(2)19/h4-10H,1-3H3,(H,18,20). The molecule has 2 aromatic carbocycles. The molecule has 0 aliphatic carbocycles. The molecule has 1 amide bonds. The summed E-state index contributed by atoms with van der Waals surface area (Å²) in [5, 5.41) is 2.76. The highest BCUT2D eigenvalue weighted by atomic mass is 16.5. The fourth-order valence-corrected chi connectivity index (χ4v) is 2.07. The molecule has 0 aliphatic rings. The van der Waals surface area contributed by atoms with Crippen LogP contribution in [0.3, 0.4) is 0 Å². The monoisotopic (exact) mass is 283 g/mol. The number of nitrogens with one attached hydrogen (secondary N) is 1. The Morgan fingerprint density at radius 3 is 2.29 bits per heavy atom. The summed E-state index contributed by atoms with van der Waals surface area (Å²) in [7, 11) is 1.49. The van der Waals surface area contributed by atoms with Crippen molar-refractivity contribution >= 4 is 17.4 Å². The van der Waals surface area contributed by atoms with Crippen LogP contribution in [0.5, 0.6) is 5.75 Å². The summed E-state index contributed by atoms with van der Waals surface area (Å²) in [5.41, 5.74) is 2.45. The number of benzene rings is 2. The average molecular weight is 283 g/mol. The van der Waals surface area contributed by atoms with E-state index < -0.39 is 0 Å². The van der Waals surface area contributed by atoms with Gasteiger partial charge in [0.25, 0.3) is 5.91 Å². The Morgan fingerprint density at radius 1 is 1.05 bits per heavy atom. The van der Waals surface area contributed by atoms with Gasteiger partial charge in [0.15, 0.2) is 5.78 Å². The zero-order valence-electron chi connectivity index (χ0n) is 12.3. The molecule has 2 aromatic rings. The lowest BCUT2D eigenvalue weighted by molar-refractivity contribution is 0.101. The summed E-state index contributed by atoms with van der Waals surface area (Å²) >= 11 is 0. The maximum Gasteiger partial charge on any atom is 0.255 e. The van der Waals surface area contributed by atoms with Crippen LogP contribution in [0.25, 0.3) is 0 Å². The largest absolute Gasteiger partial charge is 0.496 e. The van der Waals surface area contributed by atoms with Gasteiger partial charge in [0.05, 0.1) is 18.4 Å². The van der Waals surface area contributed by atoms with E-state index in [1.54, 1.807) is 30.3 Å². The number of hydrogen-bond acceptors (Lipinski definition) is 3. The van der Waals surface area contributed by atoms with E-state index in [2.05, 4.69) is 5.32 Å². The Labute approximate surface area is 123 Å². The van der Waals surface area contributed by atoms with E-state index in [4.69, 9.17) is 4.74 Å². The van der Waals surface area contributed by atoms with Crippen LogP contribution in [0.15, 0.2) is 42.5 Å². The predicted octanol–water partition coefficient (Wildman–Crippen LogP) is 3.46. The third kappa shape index (κ3) is 3.28. The molecule has 0 atom stereocenters. The first-order chi connectivity index (χ1) is 10.0. The number of hydrogen-bond donors (Lipinski definition) is 1. The molecule has 4 nitrogen and oxygen atoms in total. The molecule has 0 heterocycles. The van der Waals surface area contributed by atoms with Crippen molar-refractivity contribution < 1.29 is 14.3 Å². The Balaban J connectivity index is 2.33. The highest BCUT2D eigenvalue weighted by Crippen LogP contribution is 2.27. The molecule has 0 spiro atoms. The van der Waals surface area contributed by atoms with Gasteiger partial charge in [0.1, 0.15) is 5.75 Å². The van der Waals surface area contributed by atoms with E-state index in [0.717, 1.165) is 5.56 Å². The molecule has 0 bridgehead atoms. The minimum Gasteiger partial charge on any atom is -0.496 e. The van der Waals surface area contributed by atoms with Crippen LogP contribution in [0.1, 0.15) is 33.2 Å². The summed E-state index contributed by atoms with van der Waals surface area (Å²) in [6.07, 6.45) is 0. The normalized spacial score (nSPS) is 10.0. The van der Waals surface area contributed by atoms with Gasteiger partial charge in [-0.15, -0.1) is 0 Å². The Hall–Kier alpha value is -2.62. The summed E-state index contributed by atoms with van der Waals surface area (Å²) in [4.78, 5) is 24.0. The van der Waals surface area contributed by atoms with E-state index in [1.807, 2.05) is 19.1 Å². The van der Waals surface area contributed by atoms with Gasteiger partial charge < -0.3 is 10.1 Å². The second kappa shape index (κ2) is 6.22. The molecule has 0 saturated carbocycles. The van der Waals surface area contributed by atoms with E-state index in [9.17, 15) is 9.59 Å². The molecule has 0 fully saturated rings. The number of ketones is 1. The van der Waals surface area contributed by atoms with Crippen molar-refractivity contribution in [2.24, 2.45) is 0 Å². The third-order valence-electron chi connectivity index (χ3n) is 3.16. The van der Waals surface area contributed by atoms with Crippen LogP contribution >= 0.6 is 0 Å². The minimum atomic E-state index is -0.259. The average Bonchev–Trinajstić information content (AvgIpc) is 2.47. The van der Waals surface area contributed by atoms with Crippen LogP contribution in [-0.2, 0) is 0 Å². The van der Waals surface area contributed by atoms with Crippen molar-refractivity contribution in [1.29, 1.82) is 0 Å². The molecular formula is C17H17NO3. The van der Waals surface area contributed by atoms with Gasteiger partial charge in [-0.2, -0.15) is 0 Å². The Kier molecular flexibility index (Phi) is 4.38. The highest BCUT2D eigenvalue weighted by molar-refractivity contribution is 6.10. The lowest BCUT2D eigenvalue weighted by Gasteiger charge is -2.12. The SMILES string of the molecule is COc1cccc(NC(=O)c2ccc(C)cc2)c1C(C)=O. The topological polar surface area (TPSA) is 55.4 Å². The quantitative estimate of drug-likeness (QED) is 0.874. The van der Waals surface area contributed by atoms with Crippen molar-refractivity contribution in [1.82, 2.24) is 0 Å². The van der Waals surface area contributed by atoms with E-state index in [1.165, 1.54) is 14.0 Å². The predicted molar refractivity (Wildman–Crippen MR) is 82.1 cm³/mol. The number of ether oxygens (including phenoxy) is 1. The minimum absolute atomic E-state index is 0.161. The zero-order chi connectivity index (χ0) is 15.4. The smallest absolute Gasteiger partial charge is 0.255 e. The first kappa shape index (κ1) is 14.8. The number of Topliss-reactive ketones (excluding diaryl/α,β-unsaturated/α-hetero) is 1. The van der Waals surface area contributed by atoms with Gasteiger partial charge >= 0.3 is 0 Å². The molecule has 1 N–H and O–H groups in total. The van der Waals surface area contributed by atoms with Crippen molar-refractivity contribution in [2.75, 3.05) is 12.4 Å². The molecule has 0 radical (unpaired) electrons. The van der Waals surface area contributed by atoms with Crippen molar-refractivity contribution in [3.8, 4) is 5.75 Å². The first-order valence-corrected chi connectivity index (χ1v) is 6.59. The van der Waals surface area contributed by atoms with Gasteiger partial charge in [-0.05, 0) is 38.1 Å². The number of amides is 1. The molecule has 2 rings (SSSR count). The highest BCUT2D eigenvalue weighted by Gasteiger charge is 2.16. The van der Waals surface area contributed by atoms with Crippen LogP contribution in [0.2, 0.25) is 0 Å². The zero-order valence-corrected chi connectivity index (χ0v) is 12.3. The fourth-order valence-electron chi connectivity index (χ4n) is 2.07. The second-order valence-electron chi connectivity index (χ2n) is 4.76. The molecule has 0 saturated heterocycles. The number of carbonyl (C=O) groups excluding carboxylic acids is 2. The summed E-state index contributed by atoms with van der Waals surface area (Å²) in [6.45, 7) is 3.40. The van der Waals surface area contributed by atoms with Gasteiger partial charge in [-0.1, -0.05) is 23.8 Å². The number of rotatable bonds is 4. The van der Waals surface area contributed by atoms with Crippen molar-refractivity contribution in [2.45, 2.75) is 13.8 Å². The summed E-state index contributed by atoms with van der Waals surface area (Å²) < 4.78 is 5.18. The molecule has 0 aromatic heterocycles. The van der Waals surface area contributed by atoms with Crippen LogP contribution in [-0.4, -0.2) is 18.8 Å². The van der Waals surface area contributed by atoms with Crippen molar-refractivity contribution in [3.63, 3.8) is 0 Å². The molecule has 108 valence electrons. The maximum atomic E-state index is 12.2. The summed E-state index contributed by atoms with van der Waals surface area (Å²) in [6, 6.07) is 12.3. The second-order valence-corrected chi connectivity index (χ2v) is 4.76. The van der Waals surface area contributed by atoms with Gasteiger partial charge in [0.2, 0.25) is 0 Å². The third-order valence-corrected chi connectivity index (χ3v) is 3.16.